The van der Waals surface area contributed by atoms with E-state index < -0.39 is 10.2 Å². The second-order valence-electron chi connectivity index (χ2n) is 6.22. The Hall–Kier alpha value is -0.740. The van der Waals surface area contributed by atoms with Crippen LogP contribution in [0, 0.1) is 0 Å². The first-order chi connectivity index (χ1) is 10.8. The van der Waals surface area contributed by atoms with E-state index in [1.165, 1.54) is 15.7 Å². The first-order valence-electron chi connectivity index (χ1n) is 7.98. The van der Waals surface area contributed by atoms with Crippen LogP contribution >= 0.6 is 0 Å². The number of carbonyl (C=O) groups is 1. The molecule has 0 bridgehead atoms. The molecule has 2 rings (SSSR count). The number of carbonyl (C=O) groups excluding carboxylic acids is 1. The normalized spacial score (nSPS) is 30.1. The van der Waals surface area contributed by atoms with Crippen molar-refractivity contribution in [1.29, 1.82) is 0 Å². The maximum atomic E-state index is 12.8. The van der Waals surface area contributed by atoms with Crippen LogP contribution in [0.1, 0.15) is 20.8 Å². The predicted octanol–water partition coefficient (Wildman–Crippen LogP) is -0.480. The number of methoxy groups -OCH3 is 1. The number of hydrogen-bond acceptors (Lipinski definition) is 6. The lowest BCUT2D eigenvalue weighted by Gasteiger charge is -2.41. The van der Waals surface area contributed by atoms with Gasteiger partial charge in [0.2, 0.25) is 0 Å². The van der Waals surface area contributed by atoms with Gasteiger partial charge in [-0.15, -0.1) is 0 Å². The summed E-state index contributed by atoms with van der Waals surface area (Å²) < 4.78 is 38.9. The number of ether oxygens (including phenoxy) is 2. The summed E-state index contributed by atoms with van der Waals surface area (Å²) in [6.45, 7) is 8.10. The van der Waals surface area contributed by atoms with Crippen LogP contribution in [0.3, 0.4) is 0 Å². The third-order valence-corrected chi connectivity index (χ3v) is 6.37. The van der Waals surface area contributed by atoms with Gasteiger partial charge in [0.25, 0.3) is 10.2 Å². The minimum absolute atomic E-state index is 0.103. The van der Waals surface area contributed by atoms with E-state index in [9.17, 15) is 13.2 Å². The summed E-state index contributed by atoms with van der Waals surface area (Å²) >= 11 is 0. The third kappa shape index (κ3) is 4.21. The molecule has 2 heterocycles. The van der Waals surface area contributed by atoms with E-state index in [2.05, 4.69) is 0 Å². The van der Waals surface area contributed by atoms with Crippen molar-refractivity contribution in [2.24, 2.45) is 0 Å². The van der Waals surface area contributed by atoms with E-state index in [0.717, 1.165) is 0 Å². The first kappa shape index (κ1) is 18.6. The number of nitrogens with zero attached hydrogens (tertiary/aromatic N) is 3. The SMILES string of the molecule is COC(=O)[C@@H](C)N1CCN(S(=O)(=O)N2C[C@@H](C)O[C@@H](C)C2)CC1. The summed E-state index contributed by atoms with van der Waals surface area (Å²) in [5.41, 5.74) is 0. The lowest BCUT2D eigenvalue weighted by molar-refractivity contribution is -0.146. The zero-order valence-electron chi connectivity index (χ0n) is 14.3. The topological polar surface area (TPSA) is 79.4 Å². The van der Waals surface area contributed by atoms with Gasteiger partial charge in [0.15, 0.2) is 0 Å². The molecule has 0 N–H and O–H groups in total. The lowest BCUT2D eigenvalue weighted by atomic mass is 10.2. The van der Waals surface area contributed by atoms with Crippen molar-refractivity contribution in [3.63, 3.8) is 0 Å². The van der Waals surface area contributed by atoms with Gasteiger partial charge in [0, 0.05) is 39.3 Å². The molecule has 134 valence electrons. The highest BCUT2D eigenvalue weighted by molar-refractivity contribution is 7.86. The number of hydrogen-bond donors (Lipinski definition) is 0. The maximum absolute atomic E-state index is 12.8. The fourth-order valence-electron chi connectivity index (χ4n) is 3.12. The smallest absolute Gasteiger partial charge is 0.322 e. The molecule has 0 radical (unpaired) electrons. The Labute approximate surface area is 138 Å². The van der Waals surface area contributed by atoms with Crippen molar-refractivity contribution >= 4 is 16.2 Å². The molecule has 0 aromatic rings. The van der Waals surface area contributed by atoms with Crippen molar-refractivity contribution < 1.29 is 22.7 Å². The van der Waals surface area contributed by atoms with Gasteiger partial charge < -0.3 is 9.47 Å². The Morgan fingerprint density at radius 3 is 2.09 bits per heavy atom. The fraction of sp³-hybridized carbons (Fsp3) is 0.929. The Balaban J connectivity index is 1.97. The molecule has 0 aromatic heterocycles. The average Bonchev–Trinajstić information content (AvgIpc) is 2.52. The van der Waals surface area contributed by atoms with Crippen LogP contribution in [0.5, 0.6) is 0 Å². The molecule has 2 aliphatic heterocycles. The Morgan fingerprint density at radius 1 is 1.09 bits per heavy atom. The minimum atomic E-state index is -3.48. The van der Waals surface area contributed by atoms with E-state index in [1.807, 2.05) is 18.7 Å². The largest absolute Gasteiger partial charge is 0.468 e. The first-order valence-corrected chi connectivity index (χ1v) is 9.38. The average molecular weight is 349 g/mol. The van der Waals surface area contributed by atoms with Gasteiger partial charge in [-0.2, -0.15) is 17.0 Å². The van der Waals surface area contributed by atoms with Crippen molar-refractivity contribution in [3.8, 4) is 0 Å². The van der Waals surface area contributed by atoms with E-state index in [1.54, 1.807) is 6.92 Å². The summed E-state index contributed by atoms with van der Waals surface area (Å²) in [7, 11) is -2.12. The highest BCUT2D eigenvalue weighted by Crippen LogP contribution is 2.19. The molecular formula is C14H27N3O5S. The third-order valence-electron chi connectivity index (χ3n) is 4.40. The number of morpholine rings is 1. The van der Waals surface area contributed by atoms with Crippen LogP contribution in [0.15, 0.2) is 0 Å². The van der Waals surface area contributed by atoms with Crippen LogP contribution < -0.4 is 0 Å². The summed E-state index contributed by atoms with van der Waals surface area (Å²) in [6, 6.07) is -0.353. The van der Waals surface area contributed by atoms with Crippen molar-refractivity contribution in [2.75, 3.05) is 46.4 Å². The van der Waals surface area contributed by atoms with Gasteiger partial charge in [0.05, 0.1) is 19.3 Å². The van der Waals surface area contributed by atoms with Crippen LogP contribution in [-0.2, 0) is 24.5 Å². The molecule has 0 saturated carbocycles. The zero-order valence-corrected chi connectivity index (χ0v) is 15.1. The fourth-order valence-corrected chi connectivity index (χ4v) is 4.87. The van der Waals surface area contributed by atoms with E-state index >= 15 is 0 Å². The minimum Gasteiger partial charge on any atom is -0.468 e. The van der Waals surface area contributed by atoms with E-state index in [4.69, 9.17) is 9.47 Å². The molecule has 0 spiro atoms. The molecule has 3 atom stereocenters. The quantitative estimate of drug-likeness (QED) is 0.638. The summed E-state index contributed by atoms with van der Waals surface area (Å²) in [4.78, 5) is 13.5. The molecule has 0 aromatic carbocycles. The Morgan fingerprint density at radius 2 is 1.61 bits per heavy atom. The summed E-state index contributed by atoms with van der Waals surface area (Å²) in [5, 5.41) is 0. The Bertz CT molecular complexity index is 509. The van der Waals surface area contributed by atoms with Crippen LogP contribution in [0.2, 0.25) is 0 Å². The van der Waals surface area contributed by atoms with Crippen molar-refractivity contribution in [1.82, 2.24) is 13.5 Å². The van der Waals surface area contributed by atoms with Gasteiger partial charge in [-0.3, -0.25) is 9.69 Å². The predicted molar refractivity (Wildman–Crippen MR) is 85.1 cm³/mol. The summed E-state index contributed by atoms with van der Waals surface area (Å²) in [6.07, 6.45) is -0.205. The molecule has 2 aliphatic rings. The molecular weight excluding hydrogens is 322 g/mol. The number of rotatable bonds is 4. The molecule has 9 heteroatoms. The second kappa shape index (κ2) is 7.43. The highest BCUT2D eigenvalue weighted by Gasteiger charge is 2.37. The molecule has 2 saturated heterocycles. The van der Waals surface area contributed by atoms with Gasteiger partial charge in [-0.25, -0.2) is 0 Å². The van der Waals surface area contributed by atoms with E-state index in [0.29, 0.717) is 39.3 Å². The van der Waals surface area contributed by atoms with E-state index in [-0.39, 0.29) is 24.2 Å². The van der Waals surface area contributed by atoms with Gasteiger partial charge in [-0.1, -0.05) is 0 Å². The van der Waals surface area contributed by atoms with Gasteiger partial charge in [-0.05, 0) is 20.8 Å². The molecule has 23 heavy (non-hydrogen) atoms. The van der Waals surface area contributed by atoms with Crippen molar-refractivity contribution in [2.45, 2.75) is 39.0 Å². The number of piperazine rings is 1. The molecule has 0 amide bonds. The Kier molecular flexibility index (Phi) is 6.01. The zero-order chi connectivity index (χ0) is 17.2. The molecule has 0 unspecified atom stereocenters. The van der Waals surface area contributed by atoms with Crippen LogP contribution in [0.4, 0.5) is 0 Å². The molecule has 0 aliphatic carbocycles. The van der Waals surface area contributed by atoms with Gasteiger partial charge >= 0.3 is 5.97 Å². The lowest BCUT2D eigenvalue weighted by Crippen LogP contribution is -2.58. The monoisotopic (exact) mass is 349 g/mol. The standard InChI is InChI=1S/C14H27N3O5S/c1-11-9-17(10-12(2)22-11)23(19,20)16-7-5-15(6-8-16)13(3)14(18)21-4/h11-13H,5-10H2,1-4H3/t11-,12+,13-/m1/s1. The van der Waals surface area contributed by atoms with Crippen LogP contribution in [0.25, 0.3) is 0 Å². The second-order valence-corrected chi connectivity index (χ2v) is 8.14. The summed E-state index contributed by atoms with van der Waals surface area (Å²) in [5.74, 6) is -0.294. The maximum Gasteiger partial charge on any atom is 0.322 e. The van der Waals surface area contributed by atoms with Crippen LogP contribution in [-0.4, -0.2) is 92.5 Å². The number of esters is 1. The van der Waals surface area contributed by atoms with Crippen molar-refractivity contribution in [3.05, 3.63) is 0 Å². The molecule has 8 nitrogen and oxygen atoms in total. The molecule has 2 fully saturated rings. The highest BCUT2D eigenvalue weighted by atomic mass is 32.2. The van der Waals surface area contributed by atoms with Gasteiger partial charge in [0.1, 0.15) is 6.04 Å².